The van der Waals surface area contributed by atoms with E-state index < -0.39 is 11.5 Å². The van der Waals surface area contributed by atoms with Gasteiger partial charge in [0.15, 0.2) is 0 Å². The van der Waals surface area contributed by atoms with Crippen molar-refractivity contribution in [3.05, 3.63) is 33.6 Å². The highest BCUT2D eigenvalue weighted by molar-refractivity contribution is 8.00. The molecule has 1 unspecified atom stereocenters. The highest BCUT2D eigenvalue weighted by Crippen LogP contribution is 2.49. The van der Waals surface area contributed by atoms with Gasteiger partial charge in [-0.2, -0.15) is 16.4 Å². The van der Waals surface area contributed by atoms with Gasteiger partial charge in [0.2, 0.25) is 5.91 Å². The van der Waals surface area contributed by atoms with Crippen LogP contribution >= 0.6 is 23.1 Å². The summed E-state index contributed by atoms with van der Waals surface area (Å²) in [7, 11) is 0. The average Bonchev–Trinajstić information content (AvgIpc) is 3.17. The van der Waals surface area contributed by atoms with Crippen molar-refractivity contribution in [2.24, 2.45) is 0 Å². The van der Waals surface area contributed by atoms with E-state index in [-0.39, 0.29) is 28.9 Å². The van der Waals surface area contributed by atoms with E-state index in [0.29, 0.717) is 5.82 Å². The fourth-order valence-electron chi connectivity index (χ4n) is 3.36. The molecule has 3 rings (SSSR count). The van der Waals surface area contributed by atoms with E-state index in [4.69, 9.17) is 5.10 Å². The van der Waals surface area contributed by atoms with Gasteiger partial charge in [-0.15, -0.1) is 11.8 Å². The molecular formula is C20H27N3O3S2. The molecule has 0 fully saturated rings. The van der Waals surface area contributed by atoms with Crippen LogP contribution in [0, 0.1) is 0 Å². The summed E-state index contributed by atoms with van der Waals surface area (Å²) in [6, 6.07) is 2.07. The summed E-state index contributed by atoms with van der Waals surface area (Å²) in [6.07, 6.45) is 0. The first-order chi connectivity index (χ1) is 12.9. The van der Waals surface area contributed by atoms with Crippen molar-refractivity contribution in [2.45, 2.75) is 57.7 Å². The Morgan fingerprint density at radius 2 is 1.96 bits per heavy atom. The van der Waals surface area contributed by atoms with Crippen LogP contribution in [0.2, 0.25) is 0 Å². The Morgan fingerprint density at radius 3 is 2.46 bits per heavy atom. The summed E-state index contributed by atoms with van der Waals surface area (Å²) >= 11 is 3.17. The van der Waals surface area contributed by atoms with Crippen LogP contribution in [0.3, 0.4) is 0 Å². The highest BCUT2D eigenvalue weighted by atomic mass is 32.2. The van der Waals surface area contributed by atoms with Gasteiger partial charge in [0.25, 0.3) is 0 Å². The van der Waals surface area contributed by atoms with Gasteiger partial charge in [0.1, 0.15) is 12.4 Å². The first-order valence-corrected chi connectivity index (χ1v) is 11.2. The van der Waals surface area contributed by atoms with Crippen LogP contribution in [0.25, 0.3) is 0 Å². The lowest BCUT2D eigenvalue weighted by Crippen LogP contribution is -2.40. The molecule has 3 heterocycles. The van der Waals surface area contributed by atoms with Gasteiger partial charge >= 0.3 is 5.97 Å². The minimum absolute atomic E-state index is 0.0608. The molecule has 152 valence electrons. The number of carbonyl (C=O) groups excluding carboxylic acids is 1. The third-order valence-corrected chi connectivity index (χ3v) is 6.53. The molecular weight excluding hydrogens is 394 g/mol. The molecule has 2 aromatic heterocycles. The second-order valence-electron chi connectivity index (χ2n) is 9.04. The van der Waals surface area contributed by atoms with Gasteiger partial charge in [0.05, 0.1) is 22.2 Å². The molecule has 0 aromatic carbocycles. The zero-order chi connectivity index (χ0) is 20.9. The second-order valence-corrected chi connectivity index (χ2v) is 10.9. The Bertz CT molecular complexity index is 889. The van der Waals surface area contributed by atoms with E-state index in [1.807, 2.05) is 30.8 Å². The lowest BCUT2D eigenvalue weighted by atomic mass is 9.87. The fourth-order valence-corrected chi connectivity index (χ4v) is 5.32. The number of nitrogens with zero attached hydrogens (tertiary/aromatic N) is 3. The minimum Gasteiger partial charge on any atom is -0.480 e. The Labute approximate surface area is 173 Å². The minimum atomic E-state index is -1.03. The van der Waals surface area contributed by atoms with Gasteiger partial charge in [0, 0.05) is 11.0 Å². The number of hydrogen-bond acceptors (Lipinski definition) is 5. The second kappa shape index (κ2) is 7.22. The van der Waals surface area contributed by atoms with Crippen LogP contribution in [0.5, 0.6) is 0 Å². The molecule has 1 atom stereocenters. The average molecular weight is 422 g/mol. The van der Waals surface area contributed by atoms with E-state index in [1.54, 1.807) is 23.1 Å². The first-order valence-electron chi connectivity index (χ1n) is 9.21. The van der Waals surface area contributed by atoms with Crippen molar-refractivity contribution in [2.75, 3.05) is 17.2 Å². The summed E-state index contributed by atoms with van der Waals surface area (Å²) in [4.78, 5) is 26.0. The number of amides is 1. The normalized spacial score (nSPS) is 18.1. The zero-order valence-electron chi connectivity index (χ0n) is 17.1. The van der Waals surface area contributed by atoms with Crippen molar-refractivity contribution in [3.8, 4) is 0 Å². The lowest BCUT2D eigenvalue weighted by Gasteiger charge is -2.28. The predicted molar refractivity (Wildman–Crippen MR) is 115 cm³/mol. The lowest BCUT2D eigenvalue weighted by molar-refractivity contribution is -0.136. The molecule has 28 heavy (non-hydrogen) atoms. The van der Waals surface area contributed by atoms with Crippen LogP contribution < -0.4 is 4.90 Å². The van der Waals surface area contributed by atoms with Crippen LogP contribution in [-0.2, 0) is 20.5 Å². The predicted octanol–water partition coefficient (Wildman–Crippen LogP) is 4.25. The largest absolute Gasteiger partial charge is 0.480 e. The van der Waals surface area contributed by atoms with Crippen molar-refractivity contribution in [1.29, 1.82) is 0 Å². The molecule has 1 aliphatic rings. The Balaban J connectivity index is 2.37. The summed E-state index contributed by atoms with van der Waals surface area (Å²) in [5.41, 5.74) is 2.33. The number of carboxylic acid groups (broad SMARTS) is 1. The molecule has 1 N–H and O–H groups in total. The Morgan fingerprint density at radius 1 is 1.29 bits per heavy atom. The Kier molecular flexibility index (Phi) is 5.40. The standard InChI is InChI=1S/C20H27N3O3S2/c1-19(2,3)17-15-16(12-7-8-27-10-12)28-11-13(24)22(9-14(25)26)18(15)23(21-17)20(4,5)6/h7-8,10,16H,9,11H2,1-6H3,(H,25,26). The molecule has 0 bridgehead atoms. The van der Waals surface area contributed by atoms with E-state index in [9.17, 15) is 14.7 Å². The Hall–Kier alpha value is -1.80. The number of aromatic nitrogens is 2. The SMILES string of the molecule is CC(C)(C)c1nn(C(C)(C)C)c2c1C(c1ccsc1)SCC(=O)N2CC(=O)O. The number of rotatable bonds is 3. The van der Waals surface area contributed by atoms with Crippen LogP contribution in [0.15, 0.2) is 16.8 Å². The number of thiophene rings is 1. The number of thioether (sulfide) groups is 1. The molecule has 0 saturated carbocycles. The van der Waals surface area contributed by atoms with Gasteiger partial charge in [-0.1, -0.05) is 20.8 Å². The van der Waals surface area contributed by atoms with Gasteiger partial charge in [-0.25, -0.2) is 4.68 Å². The maximum atomic E-state index is 13.0. The molecule has 6 nitrogen and oxygen atoms in total. The van der Waals surface area contributed by atoms with Crippen LogP contribution in [0.4, 0.5) is 5.82 Å². The molecule has 0 aliphatic carbocycles. The van der Waals surface area contributed by atoms with Gasteiger partial charge in [-0.3, -0.25) is 14.5 Å². The van der Waals surface area contributed by atoms with Gasteiger partial charge < -0.3 is 5.11 Å². The first kappa shape index (κ1) is 20.9. The highest BCUT2D eigenvalue weighted by Gasteiger charge is 2.41. The maximum absolute atomic E-state index is 13.0. The summed E-state index contributed by atoms with van der Waals surface area (Å²) in [5.74, 6) is -0.378. The topological polar surface area (TPSA) is 75.4 Å². The number of hydrogen-bond donors (Lipinski definition) is 1. The van der Waals surface area contributed by atoms with Gasteiger partial charge in [-0.05, 0) is 43.2 Å². The maximum Gasteiger partial charge on any atom is 0.323 e. The molecule has 8 heteroatoms. The number of aliphatic carboxylic acids is 1. The third kappa shape index (κ3) is 3.85. The number of carbonyl (C=O) groups is 2. The molecule has 0 saturated heterocycles. The molecule has 0 radical (unpaired) electrons. The summed E-state index contributed by atoms with van der Waals surface area (Å²) < 4.78 is 1.84. The van der Waals surface area contributed by atoms with E-state index in [0.717, 1.165) is 16.8 Å². The number of anilines is 1. The molecule has 1 amide bonds. The fraction of sp³-hybridized carbons (Fsp3) is 0.550. The molecule has 2 aromatic rings. The summed E-state index contributed by atoms with van der Waals surface area (Å²) in [6.45, 7) is 12.0. The third-order valence-electron chi connectivity index (χ3n) is 4.57. The van der Waals surface area contributed by atoms with Crippen molar-refractivity contribution < 1.29 is 14.7 Å². The number of carboxylic acids is 1. The number of fused-ring (bicyclic) bond motifs is 1. The van der Waals surface area contributed by atoms with Crippen molar-refractivity contribution in [1.82, 2.24) is 9.78 Å². The molecule has 0 spiro atoms. The quantitative estimate of drug-likeness (QED) is 0.802. The van der Waals surface area contributed by atoms with Crippen LogP contribution in [0.1, 0.15) is 63.6 Å². The van der Waals surface area contributed by atoms with Crippen LogP contribution in [-0.4, -0.2) is 39.1 Å². The van der Waals surface area contributed by atoms with E-state index in [2.05, 4.69) is 32.2 Å². The van der Waals surface area contributed by atoms with Crippen molar-refractivity contribution in [3.63, 3.8) is 0 Å². The molecule has 1 aliphatic heterocycles. The monoisotopic (exact) mass is 421 g/mol. The summed E-state index contributed by atoms with van der Waals surface area (Å²) in [5, 5.41) is 18.5. The van der Waals surface area contributed by atoms with E-state index >= 15 is 0 Å². The van der Waals surface area contributed by atoms with E-state index in [1.165, 1.54) is 4.90 Å². The smallest absolute Gasteiger partial charge is 0.323 e. The van der Waals surface area contributed by atoms with Crippen molar-refractivity contribution >= 4 is 40.8 Å². The zero-order valence-corrected chi connectivity index (χ0v) is 18.8.